The zero-order valence-electron chi connectivity index (χ0n) is 9.01. The van der Waals surface area contributed by atoms with Gasteiger partial charge in [0.1, 0.15) is 0 Å². The zero-order valence-corrected chi connectivity index (χ0v) is 9.83. The van der Waals surface area contributed by atoms with Crippen molar-refractivity contribution in [3.05, 3.63) is 10.1 Å². The Labute approximate surface area is 82.8 Å². The van der Waals surface area contributed by atoms with Crippen molar-refractivity contribution >= 4 is 11.5 Å². The third-order valence-electron chi connectivity index (χ3n) is 0.980. The van der Waals surface area contributed by atoms with Crippen LogP contribution in [0.15, 0.2) is 5.34 Å². The molecule has 7 heteroatoms. The van der Waals surface area contributed by atoms with Crippen molar-refractivity contribution < 1.29 is 0 Å². The SMILES string of the molecule is CN(C)[S+](N(C)C)N(C)C.O=N[O-]. The summed E-state index contributed by atoms with van der Waals surface area (Å²) < 4.78 is 6.58. The second-order valence-corrected chi connectivity index (χ2v) is 5.44. The second kappa shape index (κ2) is 8.24. The van der Waals surface area contributed by atoms with Crippen LogP contribution in [-0.4, -0.2) is 55.2 Å². The molecule has 0 saturated carbocycles. The van der Waals surface area contributed by atoms with Gasteiger partial charge in [-0.1, -0.05) is 12.9 Å². The Balaban J connectivity index is 0. The van der Waals surface area contributed by atoms with Gasteiger partial charge in [-0.3, -0.25) is 0 Å². The lowest BCUT2D eigenvalue weighted by Gasteiger charge is -2.20. The van der Waals surface area contributed by atoms with E-state index >= 15 is 0 Å². The third-order valence-corrected chi connectivity index (χ3v) is 2.94. The van der Waals surface area contributed by atoms with E-state index < -0.39 is 0 Å². The first-order valence-corrected chi connectivity index (χ1v) is 4.69. The Bertz CT molecular complexity index is 113. The normalized spacial score (nSPS) is 10.6. The molecule has 0 unspecified atom stereocenters. The molecule has 0 aromatic rings. The first kappa shape index (κ1) is 15.1. The van der Waals surface area contributed by atoms with Crippen LogP contribution in [0.5, 0.6) is 0 Å². The van der Waals surface area contributed by atoms with E-state index in [-0.39, 0.29) is 11.5 Å². The van der Waals surface area contributed by atoms with Crippen LogP contribution in [-0.2, 0) is 11.5 Å². The molecule has 0 aliphatic rings. The molecule has 0 aliphatic heterocycles. The van der Waals surface area contributed by atoms with Crippen molar-refractivity contribution in [3.63, 3.8) is 0 Å². The Morgan fingerprint density at radius 3 is 1.08 bits per heavy atom. The molecule has 80 valence electrons. The van der Waals surface area contributed by atoms with Crippen LogP contribution in [0.2, 0.25) is 0 Å². The average Bonchev–Trinajstić information content (AvgIpc) is 1.84. The van der Waals surface area contributed by atoms with Gasteiger partial charge in [0.05, 0.1) is 0 Å². The molecule has 13 heavy (non-hydrogen) atoms. The fourth-order valence-electron chi connectivity index (χ4n) is 0.980. The number of hydrogen-bond donors (Lipinski definition) is 0. The van der Waals surface area contributed by atoms with Gasteiger partial charge in [-0.2, -0.15) is 0 Å². The monoisotopic (exact) mass is 210 g/mol. The van der Waals surface area contributed by atoms with E-state index in [9.17, 15) is 0 Å². The van der Waals surface area contributed by atoms with Crippen LogP contribution in [0, 0.1) is 10.1 Å². The summed E-state index contributed by atoms with van der Waals surface area (Å²) in [4.78, 5) is 8.00. The third kappa shape index (κ3) is 7.97. The average molecular weight is 210 g/mol. The summed E-state index contributed by atoms with van der Waals surface area (Å²) in [5, 5.41) is 9.00. The van der Waals surface area contributed by atoms with Crippen LogP contribution in [0.3, 0.4) is 0 Å². The van der Waals surface area contributed by atoms with Crippen molar-refractivity contribution in [2.75, 3.05) is 42.3 Å². The highest BCUT2D eigenvalue weighted by molar-refractivity contribution is 7.90. The lowest BCUT2D eigenvalue weighted by Crippen LogP contribution is -2.44. The number of rotatable bonds is 3. The van der Waals surface area contributed by atoms with E-state index in [0.717, 1.165) is 5.34 Å². The molecule has 0 N–H and O–H groups in total. The highest BCUT2D eigenvalue weighted by Crippen LogP contribution is 2.05. The molecule has 0 radical (unpaired) electrons. The molecule has 0 spiro atoms. The van der Waals surface area contributed by atoms with Crippen molar-refractivity contribution in [1.82, 2.24) is 12.9 Å². The van der Waals surface area contributed by atoms with Gasteiger partial charge < -0.3 is 10.1 Å². The van der Waals surface area contributed by atoms with Gasteiger partial charge in [0.2, 0.25) is 0 Å². The van der Waals surface area contributed by atoms with Crippen molar-refractivity contribution in [1.29, 1.82) is 0 Å². The zero-order chi connectivity index (χ0) is 11.0. The van der Waals surface area contributed by atoms with Gasteiger partial charge in [0.15, 0.2) is 0 Å². The summed E-state index contributed by atoms with van der Waals surface area (Å²) >= 11 is 0.120. The quantitative estimate of drug-likeness (QED) is 0.380. The smallest absolute Gasteiger partial charge is 0.266 e. The highest BCUT2D eigenvalue weighted by atomic mass is 32.2. The molecule has 0 atom stereocenters. The minimum absolute atomic E-state index is 0.120. The lowest BCUT2D eigenvalue weighted by atomic mass is 11.2. The van der Waals surface area contributed by atoms with Crippen molar-refractivity contribution in [2.24, 2.45) is 5.34 Å². The Morgan fingerprint density at radius 2 is 1.08 bits per heavy atom. The standard InChI is InChI=1S/C6H18N3S.HNO2/c1-7(2)10(8(3)4)9(5)6;2-1-3/h1-6H3;(H,2,3)/q+1;/p-1. The van der Waals surface area contributed by atoms with Gasteiger partial charge in [-0.05, 0) is 0 Å². The molecule has 0 aliphatic carbocycles. The molecular formula is C6H18N4O2S. The molecule has 0 aromatic heterocycles. The predicted molar refractivity (Wildman–Crippen MR) is 57.6 cm³/mol. The molecule has 0 heterocycles. The van der Waals surface area contributed by atoms with Crippen LogP contribution in [0.25, 0.3) is 0 Å². The minimum atomic E-state index is 0.120. The molecule has 0 fully saturated rings. The van der Waals surface area contributed by atoms with Gasteiger partial charge in [-0.15, -0.1) is 5.34 Å². The fourth-order valence-corrected chi connectivity index (χ4v) is 2.94. The molecule has 0 saturated heterocycles. The van der Waals surface area contributed by atoms with Crippen LogP contribution < -0.4 is 0 Å². The minimum Gasteiger partial charge on any atom is -0.444 e. The van der Waals surface area contributed by atoms with Crippen molar-refractivity contribution in [3.8, 4) is 0 Å². The maximum Gasteiger partial charge on any atom is 0.266 e. The van der Waals surface area contributed by atoms with Crippen molar-refractivity contribution in [2.45, 2.75) is 0 Å². The first-order chi connectivity index (χ1) is 5.88. The first-order valence-electron chi connectivity index (χ1n) is 3.60. The van der Waals surface area contributed by atoms with Crippen LogP contribution in [0.4, 0.5) is 0 Å². The number of nitrogens with zero attached hydrogens (tertiary/aromatic N) is 4. The number of hydrogen-bond acceptors (Lipinski definition) is 6. The van der Waals surface area contributed by atoms with Gasteiger partial charge >= 0.3 is 0 Å². The second-order valence-electron chi connectivity index (χ2n) is 2.76. The van der Waals surface area contributed by atoms with Gasteiger partial charge in [0.25, 0.3) is 11.5 Å². The summed E-state index contributed by atoms with van der Waals surface area (Å²) in [5.74, 6) is 0. The van der Waals surface area contributed by atoms with Gasteiger partial charge in [0, 0.05) is 42.3 Å². The van der Waals surface area contributed by atoms with E-state index in [4.69, 9.17) is 10.1 Å². The Hall–Kier alpha value is -0.370. The maximum atomic E-state index is 8.00. The lowest BCUT2D eigenvalue weighted by molar-refractivity contribution is 0.511. The van der Waals surface area contributed by atoms with E-state index in [1.54, 1.807) is 0 Å². The molecular weight excluding hydrogens is 192 g/mol. The summed E-state index contributed by atoms with van der Waals surface area (Å²) in [6.45, 7) is 0. The molecule has 0 bridgehead atoms. The van der Waals surface area contributed by atoms with E-state index in [1.165, 1.54) is 0 Å². The van der Waals surface area contributed by atoms with E-state index in [2.05, 4.69) is 55.2 Å². The molecule has 0 aromatic carbocycles. The molecule has 6 nitrogen and oxygen atoms in total. The fraction of sp³-hybridized carbons (Fsp3) is 1.00. The van der Waals surface area contributed by atoms with Gasteiger partial charge in [-0.25, -0.2) is 0 Å². The summed E-state index contributed by atoms with van der Waals surface area (Å²) in [5.41, 5.74) is 0. The topological polar surface area (TPSA) is 62.2 Å². The molecule has 0 amide bonds. The predicted octanol–water partition coefficient (Wildman–Crippen LogP) is 0.285. The van der Waals surface area contributed by atoms with E-state index in [1.807, 2.05) is 0 Å². The Kier molecular flexibility index (Phi) is 9.58. The molecule has 0 rings (SSSR count). The largest absolute Gasteiger partial charge is 0.444 e. The highest BCUT2D eigenvalue weighted by Gasteiger charge is 2.29. The van der Waals surface area contributed by atoms with Crippen LogP contribution in [0.1, 0.15) is 0 Å². The summed E-state index contributed by atoms with van der Waals surface area (Å²) in [6.07, 6.45) is 0. The summed E-state index contributed by atoms with van der Waals surface area (Å²) in [6, 6.07) is 0. The van der Waals surface area contributed by atoms with E-state index in [0.29, 0.717) is 0 Å². The summed E-state index contributed by atoms with van der Waals surface area (Å²) in [7, 11) is 12.5. The van der Waals surface area contributed by atoms with Crippen LogP contribution >= 0.6 is 0 Å². The maximum absolute atomic E-state index is 8.00. The Morgan fingerprint density at radius 1 is 0.923 bits per heavy atom.